The molecule has 1 aliphatic carbocycles. The molecule has 2 nitrogen and oxygen atoms in total. The summed E-state index contributed by atoms with van der Waals surface area (Å²) in [5, 5.41) is 3.53. The van der Waals surface area contributed by atoms with Crippen LogP contribution in [0.3, 0.4) is 0 Å². The van der Waals surface area contributed by atoms with Crippen LogP contribution in [0.1, 0.15) is 52.9 Å². The first kappa shape index (κ1) is 14.0. The Kier molecular flexibility index (Phi) is 7.06. The lowest BCUT2D eigenvalue weighted by Gasteiger charge is -2.25. The van der Waals surface area contributed by atoms with Gasteiger partial charge in [0.05, 0.1) is 0 Å². The van der Waals surface area contributed by atoms with E-state index >= 15 is 0 Å². The van der Waals surface area contributed by atoms with Crippen LogP contribution in [-0.2, 0) is 0 Å². The Morgan fingerprint density at radius 3 is 2.56 bits per heavy atom. The van der Waals surface area contributed by atoms with Gasteiger partial charge in [-0.3, -0.25) is 0 Å². The molecule has 2 heteroatoms. The summed E-state index contributed by atoms with van der Waals surface area (Å²) >= 11 is 0. The Bertz CT molecular complexity index is 166. The highest BCUT2D eigenvalue weighted by atomic mass is 15.2. The van der Waals surface area contributed by atoms with Crippen molar-refractivity contribution in [1.29, 1.82) is 0 Å². The second-order valence-corrected chi connectivity index (χ2v) is 5.39. The lowest BCUT2D eigenvalue weighted by atomic mass is 10.1. The topological polar surface area (TPSA) is 15.3 Å². The highest BCUT2D eigenvalue weighted by molar-refractivity contribution is 4.85. The maximum atomic E-state index is 3.53. The highest BCUT2D eigenvalue weighted by Crippen LogP contribution is 2.27. The first-order valence-electron chi connectivity index (χ1n) is 7.22. The summed E-state index contributed by atoms with van der Waals surface area (Å²) in [5.41, 5.74) is 0. The molecule has 0 aromatic carbocycles. The lowest BCUT2D eigenvalue weighted by molar-refractivity contribution is 0.222. The van der Waals surface area contributed by atoms with E-state index in [2.05, 4.69) is 31.0 Å². The van der Waals surface area contributed by atoms with Crippen LogP contribution >= 0.6 is 0 Å². The Morgan fingerprint density at radius 1 is 1.25 bits per heavy atom. The number of nitrogens with one attached hydrogen (secondary N) is 1. The molecular weight excluding hydrogens is 196 g/mol. The minimum absolute atomic E-state index is 0.795. The van der Waals surface area contributed by atoms with Gasteiger partial charge in [-0.2, -0.15) is 0 Å². The zero-order valence-corrected chi connectivity index (χ0v) is 11.5. The van der Waals surface area contributed by atoms with E-state index in [0.717, 1.165) is 12.0 Å². The first-order valence-corrected chi connectivity index (χ1v) is 7.22. The van der Waals surface area contributed by atoms with E-state index in [4.69, 9.17) is 0 Å². The molecule has 96 valence electrons. The molecule has 16 heavy (non-hydrogen) atoms. The van der Waals surface area contributed by atoms with Gasteiger partial charge < -0.3 is 10.2 Å². The second kappa shape index (κ2) is 8.08. The predicted octanol–water partition coefficient (Wildman–Crippen LogP) is 2.89. The third kappa shape index (κ3) is 5.86. The minimum Gasteiger partial charge on any atom is -0.316 e. The predicted molar refractivity (Wildman–Crippen MR) is 71.8 cm³/mol. The molecule has 0 aromatic heterocycles. The zero-order chi connectivity index (χ0) is 11.8. The van der Waals surface area contributed by atoms with Crippen LogP contribution in [-0.4, -0.2) is 37.1 Å². The van der Waals surface area contributed by atoms with Crippen molar-refractivity contribution >= 4 is 0 Å². The summed E-state index contributed by atoms with van der Waals surface area (Å²) in [6, 6.07) is 0.931. The van der Waals surface area contributed by atoms with Crippen molar-refractivity contribution in [2.75, 3.05) is 26.2 Å². The monoisotopic (exact) mass is 226 g/mol. The molecule has 1 rings (SSSR count). The molecule has 1 unspecified atom stereocenters. The van der Waals surface area contributed by atoms with Gasteiger partial charge in [-0.05, 0) is 51.2 Å². The van der Waals surface area contributed by atoms with Crippen LogP contribution in [0.4, 0.5) is 0 Å². The standard InChI is InChI=1S/C14H30N2/c1-4-6-10-16(14-7-8-14)12-13(3)11-15-9-5-2/h13-15H,4-12H2,1-3H3. The summed E-state index contributed by atoms with van der Waals surface area (Å²) in [7, 11) is 0. The van der Waals surface area contributed by atoms with Crippen molar-refractivity contribution in [3.63, 3.8) is 0 Å². The van der Waals surface area contributed by atoms with Crippen LogP contribution < -0.4 is 5.32 Å². The van der Waals surface area contributed by atoms with Crippen LogP contribution in [0.15, 0.2) is 0 Å². The third-order valence-corrected chi connectivity index (χ3v) is 3.33. The molecular formula is C14H30N2. The Balaban J connectivity index is 2.14. The lowest BCUT2D eigenvalue weighted by Crippen LogP contribution is -2.35. The number of hydrogen-bond acceptors (Lipinski definition) is 2. The van der Waals surface area contributed by atoms with Gasteiger partial charge in [0.1, 0.15) is 0 Å². The average Bonchev–Trinajstić information content (AvgIpc) is 3.08. The van der Waals surface area contributed by atoms with Crippen LogP contribution in [0.5, 0.6) is 0 Å². The van der Waals surface area contributed by atoms with E-state index in [0.29, 0.717) is 0 Å². The zero-order valence-electron chi connectivity index (χ0n) is 11.5. The van der Waals surface area contributed by atoms with Crippen molar-refractivity contribution in [1.82, 2.24) is 10.2 Å². The molecule has 0 radical (unpaired) electrons. The minimum atomic E-state index is 0.795. The van der Waals surface area contributed by atoms with E-state index in [9.17, 15) is 0 Å². The Labute approximate surface area is 102 Å². The molecule has 1 aliphatic rings. The van der Waals surface area contributed by atoms with Gasteiger partial charge in [0.2, 0.25) is 0 Å². The van der Waals surface area contributed by atoms with Crippen LogP contribution in [0.25, 0.3) is 0 Å². The molecule has 0 spiro atoms. The van der Waals surface area contributed by atoms with Crippen molar-refractivity contribution in [3.05, 3.63) is 0 Å². The van der Waals surface area contributed by atoms with Crippen LogP contribution in [0, 0.1) is 5.92 Å². The number of rotatable bonds is 10. The van der Waals surface area contributed by atoms with Gasteiger partial charge in [0.15, 0.2) is 0 Å². The normalized spacial score (nSPS) is 18.0. The average molecular weight is 226 g/mol. The molecule has 1 N–H and O–H groups in total. The van der Waals surface area contributed by atoms with Crippen molar-refractivity contribution in [2.45, 2.75) is 58.9 Å². The smallest absolute Gasteiger partial charge is 0.00965 e. The number of hydrogen-bond donors (Lipinski definition) is 1. The molecule has 0 aliphatic heterocycles. The fraction of sp³-hybridized carbons (Fsp3) is 1.00. The van der Waals surface area contributed by atoms with E-state index in [1.54, 1.807) is 0 Å². The Hall–Kier alpha value is -0.0800. The van der Waals surface area contributed by atoms with E-state index in [-0.39, 0.29) is 0 Å². The molecule has 1 fully saturated rings. The number of unbranched alkanes of at least 4 members (excludes halogenated alkanes) is 1. The van der Waals surface area contributed by atoms with Crippen LogP contribution in [0.2, 0.25) is 0 Å². The van der Waals surface area contributed by atoms with Gasteiger partial charge in [-0.1, -0.05) is 27.2 Å². The van der Waals surface area contributed by atoms with E-state index < -0.39 is 0 Å². The molecule has 0 heterocycles. The SMILES string of the molecule is CCCCN(CC(C)CNCCC)C1CC1. The van der Waals surface area contributed by atoms with E-state index in [1.807, 2.05) is 0 Å². The fourth-order valence-electron chi connectivity index (χ4n) is 2.21. The Morgan fingerprint density at radius 2 is 2.00 bits per heavy atom. The van der Waals surface area contributed by atoms with Crippen molar-refractivity contribution in [2.24, 2.45) is 5.92 Å². The van der Waals surface area contributed by atoms with Gasteiger partial charge in [0, 0.05) is 12.6 Å². The molecule has 1 atom stereocenters. The largest absolute Gasteiger partial charge is 0.316 e. The molecule has 1 saturated carbocycles. The van der Waals surface area contributed by atoms with Gasteiger partial charge in [-0.15, -0.1) is 0 Å². The molecule has 0 aromatic rings. The maximum absolute atomic E-state index is 3.53. The highest BCUT2D eigenvalue weighted by Gasteiger charge is 2.28. The second-order valence-electron chi connectivity index (χ2n) is 5.39. The van der Waals surface area contributed by atoms with Gasteiger partial charge in [-0.25, -0.2) is 0 Å². The molecule has 0 bridgehead atoms. The van der Waals surface area contributed by atoms with Gasteiger partial charge >= 0.3 is 0 Å². The summed E-state index contributed by atoms with van der Waals surface area (Å²) in [4.78, 5) is 2.72. The van der Waals surface area contributed by atoms with Crippen molar-refractivity contribution < 1.29 is 0 Å². The molecule has 0 amide bonds. The van der Waals surface area contributed by atoms with E-state index in [1.165, 1.54) is 58.3 Å². The number of nitrogens with zero attached hydrogens (tertiary/aromatic N) is 1. The fourth-order valence-corrected chi connectivity index (χ4v) is 2.21. The third-order valence-electron chi connectivity index (χ3n) is 3.33. The quantitative estimate of drug-likeness (QED) is 0.576. The summed E-state index contributed by atoms with van der Waals surface area (Å²) in [5.74, 6) is 0.795. The maximum Gasteiger partial charge on any atom is 0.00965 e. The van der Waals surface area contributed by atoms with Gasteiger partial charge in [0.25, 0.3) is 0 Å². The summed E-state index contributed by atoms with van der Waals surface area (Å²) < 4.78 is 0. The molecule has 0 saturated heterocycles. The first-order chi connectivity index (χ1) is 7.77. The summed E-state index contributed by atoms with van der Waals surface area (Å²) in [6.45, 7) is 11.9. The summed E-state index contributed by atoms with van der Waals surface area (Å²) in [6.07, 6.45) is 6.82. The van der Waals surface area contributed by atoms with Crippen molar-refractivity contribution in [3.8, 4) is 0 Å².